The van der Waals surface area contributed by atoms with E-state index in [4.69, 9.17) is 0 Å². The molecule has 2 aromatic rings. The zero-order valence-electron chi connectivity index (χ0n) is 8.57. The highest BCUT2D eigenvalue weighted by Crippen LogP contribution is 2.12. The molecule has 76 valence electrons. The van der Waals surface area contributed by atoms with Gasteiger partial charge in [-0.25, -0.2) is 4.39 Å². The molecule has 0 N–H and O–H groups in total. The van der Waals surface area contributed by atoms with Gasteiger partial charge in [0.1, 0.15) is 5.82 Å². The third kappa shape index (κ3) is 2.40. The number of hydrogen-bond donors (Lipinski definition) is 0. The molecular formula is C13H12FN. The van der Waals surface area contributed by atoms with E-state index in [0.717, 1.165) is 17.5 Å². The Balaban J connectivity index is 2.22. The van der Waals surface area contributed by atoms with Crippen LogP contribution in [0.1, 0.15) is 16.7 Å². The van der Waals surface area contributed by atoms with Crippen LogP contribution in [0, 0.1) is 12.7 Å². The van der Waals surface area contributed by atoms with Gasteiger partial charge in [-0.15, -0.1) is 0 Å². The van der Waals surface area contributed by atoms with E-state index in [-0.39, 0.29) is 5.82 Å². The van der Waals surface area contributed by atoms with Crippen LogP contribution < -0.4 is 0 Å². The van der Waals surface area contributed by atoms with Crippen molar-refractivity contribution in [1.82, 2.24) is 4.98 Å². The van der Waals surface area contributed by atoms with Crippen molar-refractivity contribution in [3.8, 4) is 0 Å². The van der Waals surface area contributed by atoms with Gasteiger partial charge in [-0.3, -0.25) is 4.98 Å². The number of nitrogens with zero attached hydrogens (tertiary/aromatic N) is 1. The van der Waals surface area contributed by atoms with E-state index in [1.165, 1.54) is 6.07 Å². The average Bonchev–Trinajstić information content (AvgIpc) is 2.25. The lowest BCUT2D eigenvalue weighted by atomic mass is 10.0. The summed E-state index contributed by atoms with van der Waals surface area (Å²) in [6.45, 7) is 1.78. The number of rotatable bonds is 2. The summed E-state index contributed by atoms with van der Waals surface area (Å²) in [5.41, 5.74) is 2.95. The average molecular weight is 201 g/mol. The minimum Gasteiger partial charge on any atom is -0.264 e. The van der Waals surface area contributed by atoms with Crippen molar-refractivity contribution in [3.63, 3.8) is 0 Å². The summed E-state index contributed by atoms with van der Waals surface area (Å²) < 4.78 is 13.0. The number of halogens is 1. The van der Waals surface area contributed by atoms with Crippen LogP contribution in [-0.4, -0.2) is 4.98 Å². The predicted molar refractivity (Wildman–Crippen MR) is 58.2 cm³/mol. The minimum absolute atomic E-state index is 0.148. The lowest BCUT2D eigenvalue weighted by Gasteiger charge is -2.03. The topological polar surface area (TPSA) is 12.9 Å². The molecule has 0 aliphatic heterocycles. The molecule has 2 heteroatoms. The first-order valence-electron chi connectivity index (χ1n) is 4.89. The Hall–Kier alpha value is -1.70. The van der Waals surface area contributed by atoms with Crippen LogP contribution in [0.2, 0.25) is 0 Å². The maximum Gasteiger partial charge on any atom is 0.126 e. The third-order valence-electron chi connectivity index (χ3n) is 2.35. The number of hydrogen-bond acceptors (Lipinski definition) is 1. The molecule has 0 saturated carbocycles. The van der Waals surface area contributed by atoms with Gasteiger partial charge in [-0.2, -0.15) is 0 Å². The predicted octanol–water partition coefficient (Wildman–Crippen LogP) is 3.12. The van der Waals surface area contributed by atoms with E-state index in [1.54, 1.807) is 13.1 Å². The summed E-state index contributed by atoms with van der Waals surface area (Å²) in [5.74, 6) is -0.148. The van der Waals surface area contributed by atoms with Crippen LogP contribution in [-0.2, 0) is 6.42 Å². The van der Waals surface area contributed by atoms with Crippen LogP contribution in [0.25, 0.3) is 0 Å². The van der Waals surface area contributed by atoms with Crippen molar-refractivity contribution >= 4 is 0 Å². The standard InChI is InChI=1S/C13H12FN/c1-10-7-11(4-5-13(10)14)8-12-3-2-6-15-9-12/h2-7,9H,8H2,1H3. The molecule has 0 atom stereocenters. The van der Waals surface area contributed by atoms with Crippen molar-refractivity contribution in [3.05, 3.63) is 65.2 Å². The van der Waals surface area contributed by atoms with Gasteiger partial charge in [0.15, 0.2) is 0 Å². The van der Waals surface area contributed by atoms with Gasteiger partial charge in [0, 0.05) is 12.4 Å². The summed E-state index contributed by atoms with van der Waals surface area (Å²) in [5, 5.41) is 0. The smallest absolute Gasteiger partial charge is 0.126 e. The van der Waals surface area contributed by atoms with Gasteiger partial charge >= 0.3 is 0 Å². The fraction of sp³-hybridized carbons (Fsp3) is 0.154. The van der Waals surface area contributed by atoms with Crippen LogP contribution in [0.3, 0.4) is 0 Å². The van der Waals surface area contributed by atoms with E-state index in [0.29, 0.717) is 5.56 Å². The Kier molecular flexibility index (Phi) is 2.77. The Morgan fingerprint density at radius 3 is 2.73 bits per heavy atom. The first kappa shape index (κ1) is 9.84. The zero-order valence-corrected chi connectivity index (χ0v) is 8.57. The molecule has 0 aliphatic rings. The van der Waals surface area contributed by atoms with E-state index in [2.05, 4.69) is 4.98 Å². The second-order valence-corrected chi connectivity index (χ2v) is 3.62. The van der Waals surface area contributed by atoms with Crippen LogP contribution in [0.5, 0.6) is 0 Å². The van der Waals surface area contributed by atoms with Gasteiger partial charge in [0.2, 0.25) is 0 Å². The van der Waals surface area contributed by atoms with Crippen molar-refractivity contribution in [2.24, 2.45) is 0 Å². The molecule has 0 radical (unpaired) electrons. The highest BCUT2D eigenvalue weighted by Gasteiger charge is 2.00. The Morgan fingerprint density at radius 2 is 2.07 bits per heavy atom. The fourth-order valence-electron chi connectivity index (χ4n) is 1.56. The maximum atomic E-state index is 13.0. The van der Waals surface area contributed by atoms with Gasteiger partial charge in [-0.1, -0.05) is 18.2 Å². The zero-order chi connectivity index (χ0) is 10.7. The van der Waals surface area contributed by atoms with E-state index in [9.17, 15) is 4.39 Å². The van der Waals surface area contributed by atoms with Crippen LogP contribution in [0.15, 0.2) is 42.7 Å². The summed E-state index contributed by atoms with van der Waals surface area (Å²) in [7, 11) is 0. The molecule has 0 unspecified atom stereocenters. The molecule has 0 fully saturated rings. The molecule has 1 aromatic carbocycles. The van der Waals surface area contributed by atoms with E-state index >= 15 is 0 Å². The van der Waals surface area contributed by atoms with Gasteiger partial charge < -0.3 is 0 Å². The Bertz CT molecular complexity index is 451. The van der Waals surface area contributed by atoms with Gasteiger partial charge in [-0.05, 0) is 42.2 Å². The molecule has 0 amide bonds. The number of aromatic nitrogens is 1. The number of aryl methyl sites for hydroxylation is 1. The second kappa shape index (κ2) is 4.22. The molecule has 1 aromatic heterocycles. The summed E-state index contributed by atoms with van der Waals surface area (Å²) in [4.78, 5) is 4.05. The van der Waals surface area contributed by atoms with Crippen molar-refractivity contribution in [2.45, 2.75) is 13.3 Å². The summed E-state index contributed by atoms with van der Waals surface area (Å²) in [6.07, 6.45) is 4.38. The SMILES string of the molecule is Cc1cc(Cc2cccnc2)ccc1F. The molecular weight excluding hydrogens is 189 g/mol. The molecule has 0 bridgehead atoms. The monoisotopic (exact) mass is 201 g/mol. The van der Waals surface area contributed by atoms with Crippen LogP contribution in [0.4, 0.5) is 4.39 Å². The molecule has 1 heterocycles. The first-order chi connectivity index (χ1) is 7.25. The van der Waals surface area contributed by atoms with Crippen LogP contribution >= 0.6 is 0 Å². The highest BCUT2D eigenvalue weighted by molar-refractivity contribution is 5.28. The minimum atomic E-state index is -0.148. The maximum absolute atomic E-state index is 13.0. The van der Waals surface area contributed by atoms with Crippen molar-refractivity contribution in [2.75, 3.05) is 0 Å². The molecule has 0 aliphatic carbocycles. The molecule has 2 rings (SSSR count). The second-order valence-electron chi connectivity index (χ2n) is 3.62. The van der Waals surface area contributed by atoms with E-state index < -0.39 is 0 Å². The Morgan fingerprint density at radius 1 is 1.20 bits per heavy atom. The lowest BCUT2D eigenvalue weighted by Crippen LogP contribution is -1.91. The third-order valence-corrected chi connectivity index (χ3v) is 2.35. The first-order valence-corrected chi connectivity index (χ1v) is 4.89. The normalized spacial score (nSPS) is 10.3. The summed E-state index contributed by atoms with van der Waals surface area (Å²) in [6, 6.07) is 9.14. The quantitative estimate of drug-likeness (QED) is 0.727. The van der Waals surface area contributed by atoms with E-state index in [1.807, 2.05) is 30.5 Å². The molecule has 0 saturated heterocycles. The molecule has 1 nitrogen and oxygen atoms in total. The fourth-order valence-corrected chi connectivity index (χ4v) is 1.56. The lowest BCUT2D eigenvalue weighted by molar-refractivity contribution is 0.618. The highest BCUT2D eigenvalue weighted by atomic mass is 19.1. The number of pyridine rings is 1. The van der Waals surface area contributed by atoms with Gasteiger partial charge in [0.25, 0.3) is 0 Å². The van der Waals surface area contributed by atoms with Gasteiger partial charge in [0.05, 0.1) is 0 Å². The van der Waals surface area contributed by atoms with Crippen molar-refractivity contribution in [1.29, 1.82) is 0 Å². The molecule has 0 spiro atoms. The molecule has 15 heavy (non-hydrogen) atoms. The van der Waals surface area contributed by atoms with Crippen molar-refractivity contribution < 1.29 is 4.39 Å². The summed E-state index contributed by atoms with van der Waals surface area (Å²) >= 11 is 0. The Labute approximate surface area is 88.6 Å². The number of benzene rings is 1. The largest absolute Gasteiger partial charge is 0.264 e.